The molecule has 0 bridgehead atoms. The van der Waals surface area contributed by atoms with Gasteiger partial charge in [0, 0.05) is 35.7 Å². The summed E-state index contributed by atoms with van der Waals surface area (Å²) in [7, 11) is 0. The molecule has 6 nitrogen and oxygen atoms in total. The van der Waals surface area contributed by atoms with E-state index in [2.05, 4.69) is 36.7 Å². The Bertz CT molecular complexity index is 747. The van der Waals surface area contributed by atoms with Crippen LogP contribution in [0.4, 0.5) is 13.2 Å². The fraction of sp³-hybridized carbons (Fsp3) is 0.619. The fourth-order valence-electron chi connectivity index (χ4n) is 3.76. The zero-order valence-corrected chi connectivity index (χ0v) is 17.5. The first kappa shape index (κ1) is 24.1. The maximum atomic E-state index is 12.8. The molecule has 0 radical (unpaired) electrons. The van der Waals surface area contributed by atoms with E-state index >= 15 is 0 Å². The summed E-state index contributed by atoms with van der Waals surface area (Å²) in [5.41, 5.74) is -1.14. The standard InChI is InChI=1S/C21H30F3N3O3/c1-20(2,3)27-16-7-8-17(14(10-16)12-28)26-18(29)11-25-19(30)13-5-4-6-15(9-13)21(22,23)24/h4-6,9,14,16-17,27-28H,7-8,10-12H2,1-3H3,(H,25,30)(H,26,29)/t14-,16+,17-/m0/s1. The number of alkyl halides is 3. The molecule has 9 heteroatoms. The van der Waals surface area contributed by atoms with Gasteiger partial charge in [0.25, 0.3) is 5.91 Å². The first-order valence-electron chi connectivity index (χ1n) is 10.0. The SMILES string of the molecule is CC(C)(C)N[C@@H]1CC[C@H](NC(=O)CNC(=O)c2cccc(C(F)(F)F)c2)[C@H](CO)C1. The zero-order chi connectivity index (χ0) is 22.5. The lowest BCUT2D eigenvalue weighted by Crippen LogP contribution is -2.53. The van der Waals surface area contributed by atoms with Crippen LogP contribution in [0.5, 0.6) is 0 Å². The summed E-state index contributed by atoms with van der Waals surface area (Å²) in [5, 5.41) is 18.4. The molecule has 1 aromatic carbocycles. The minimum atomic E-state index is -4.55. The number of halogens is 3. The summed E-state index contributed by atoms with van der Waals surface area (Å²) < 4.78 is 38.3. The molecule has 0 aliphatic heterocycles. The van der Waals surface area contributed by atoms with Gasteiger partial charge in [-0.2, -0.15) is 13.2 Å². The lowest BCUT2D eigenvalue weighted by atomic mass is 9.81. The molecule has 1 saturated carbocycles. The van der Waals surface area contributed by atoms with E-state index in [0.717, 1.165) is 31.0 Å². The van der Waals surface area contributed by atoms with Crippen LogP contribution in [0.2, 0.25) is 0 Å². The molecule has 4 N–H and O–H groups in total. The molecule has 0 aromatic heterocycles. The fourth-order valence-corrected chi connectivity index (χ4v) is 3.76. The van der Waals surface area contributed by atoms with E-state index in [9.17, 15) is 27.9 Å². The van der Waals surface area contributed by atoms with Crippen molar-refractivity contribution in [2.45, 2.75) is 63.8 Å². The Hall–Kier alpha value is -2.13. The predicted octanol–water partition coefficient (Wildman–Crippen LogP) is 2.47. The Kier molecular flexibility index (Phi) is 7.87. The van der Waals surface area contributed by atoms with Crippen molar-refractivity contribution < 1.29 is 27.9 Å². The monoisotopic (exact) mass is 429 g/mol. The maximum Gasteiger partial charge on any atom is 0.416 e. The highest BCUT2D eigenvalue weighted by molar-refractivity contribution is 5.96. The van der Waals surface area contributed by atoms with Gasteiger partial charge in [0.15, 0.2) is 0 Å². The first-order valence-corrected chi connectivity index (χ1v) is 10.0. The van der Waals surface area contributed by atoms with Crippen LogP contribution in [-0.2, 0) is 11.0 Å². The van der Waals surface area contributed by atoms with E-state index in [0.29, 0.717) is 6.42 Å². The number of hydrogen-bond donors (Lipinski definition) is 4. The summed E-state index contributed by atoms with van der Waals surface area (Å²) in [6, 6.07) is 4.06. The predicted molar refractivity (Wildman–Crippen MR) is 107 cm³/mol. The molecule has 0 heterocycles. The minimum absolute atomic E-state index is 0.0472. The van der Waals surface area contributed by atoms with E-state index in [1.54, 1.807) is 0 Å². The Labute approximate surface area is 174 Å². The third-order valence-corrected chi connectivity index (χ3v) is 5.06. The number of carbonyl (C=O) groups excluding carboxylic acids is 2. The van der Waals surface area contributed by atoms with Gasteiger partial charge >= 0.3 is 6.18 Å². The normalized spacial score (nSPS) is 22.4. The molecule has 1 fully saturated rings. The lowest BCUT2D eigenvalue weighted by molar-refractivity contribution is -0.137. The number of rotatable bonds is 6. The summed E-state index contributed by atoms with van der Waals surface area (Å²) in [6.45, 7) is 5.79. The van der Waals surface area contributed by atoms with Crippen molar-refractivity contribution in [3.8, 4) is 0 Å². The van der Waals surface area contributed by atoms with Crippen LogP contribution in [-0.4, -0.2) is 47.7 Å². The lowest BCUT2D eigenvalue weighted by Gasteiger charge is -2.39. The van der Waals surface area contributed by atoms with Gasteiger partial charge in [0.1, 0.15) is 0 Å². The molecule has 1 aromatic rings. The Morgan fingerprint density at radius 1 is 1.17 bits per heavy atom. The molecule has 3 atom stereocenters. The van der Waals surface area contributed by atoms with Crippen LogP contribution in [0.25, 0.3) is 0 Å². The van der Waals surface area contributed by atoms with Gasteiger partial charge in [-0.3, -0.25) is 9.59 Å². The number of hydrogen-bond acceptors (Lipinski definition) is 4. The molecule has 2 amide bonds. The van der Waals surface area contributed by atoms with Gasteiger partial charge in [0.2, 0.25) is 5.91 Å². The zero-order valence-electron chi connectivity index (χ0n) is 17.5. The topological polar surface area (TPSA) is 90.5 Å². The van der Waals surface area contributed by atoms with Gasteiger partial charge in [-0.05, 0) is 58.2 Å². The minimum Gasteiger partial charge on any atom is -0.396 e. The summed E-state index contributed by atoms with van der Waals surface area (Å²) >= 11 is 0. The number of aliphatic hydroxyl groups excluding tert-OH is 1. The van der Waals surface area contributed by atoms with Crippen molar-refractivity contribution >= 4 is 11.8 Å². The molecule has 1 aliphatic carbocycles. The second-order valence-corrected chi connectivity index (χ2v) is 8.78. The van der Waals surface area contributed by atoms with Crippen molar-refractivity contribution in [2.24, 2.45) is 5.92 Å². The van der Waals surface area contributed by atoms with Gasteiger partial charge in [-0.1, -0.05) is 6.07 Å². The Balaban J connectivity index is 1.86. The van der Waals surface area contributed by atoms with Gasteiger partial charge in [0.05, 0.1) is 12.1 Å². The van der Waals surface area contributed by atoms with E-state index in [4.69, 9.17) is 0 Å². The quantitative estimate of drug-likeness (QED) is 0.559. The molecule has 0 spiro atoms. The van der Waals surface area contributed by atoms with E-state index in [-0.39, 0.29) is 42.3 Å². The first-order chi connectivity index (χ1) is 13.9. The van der Waals surface area contributed by atoms with Crippen molar-refractivity contribution in [1.82, 2.24) is 16.0 Å². The second-order valence-electron chi connectivity index (χ2n) is 8.78. The highest BCUT2D eigenvalue weighted by Crippen LogP contribution is 2.29. The number of carbonyl (C=O) groups is 2. The van der Waals surface area contributed by atoms with Crippen LogP contribution in [0.1, 0.15) is 56.0 Å². The highest BCUT2D eigenvalue weighted by Gasteiger charge is 2.33. The van der Waals surface area contributed by atoms with E-state index < -0.39 is 23.6 Å². The molecular weight excluding hydrogens is 399 g/mol. The smallest absolute Gasteiger partial charge is 0.396 e. The number of nitrogens with one attached hydrogen (secondary N) is 3. The van der Waals surface area contributed by atoms with Crippen LogP contribution in [0, 0.1) is 5.92 Å². The molecule has 2 rings (SSSR count). The van der Waals surface area contributed by atoms with Gasteiger partial charge in [-0.25, -0.2) is 0 Å². The van der Waals surface area contributed by atoms with Crippen molar-refractivity contribution in [1.29, 1.82) is 0 Å². The molecule has 0 saturated heterocycles. The number of aliphatic hydroxyl groups is 1. The molecule has 30 heavy (non-hydrogen) atoms. The maximum absolute atomic E-state index is 12.8. The van der Waals surface area contributed by atoms with Crippen molar-refractivity contribution in [2.75, 3.05) is 13.2 Å². The Morgan fingerprint density at radius 3 is 2.47 bits per heavy atom. The number of amides is 2. The van der Waals surface area contributed by atoms with E-state index in [1.165, 1.54) is 6.07 Å². The van der Waals surface area contributed by atoms with Crippen LogP contribution in [0.3, 0.4) is 0 Å². The second kappa shape index (κ2) is 9.78. The molecule has 0 unspecified atom stereocenters. The average molecular weight is 429 g/mol. The van der Waals surface area contributed by atoms with Crippen LogP contribution < -0.4 is 16.0 Å². The van der Waals surface area contributed by atoms with Crippen molar-refractivity contribution in [3.05, 3.63) is 35.4 Å². The largest absolute Gasteiger partial charge is 0.416 e. The molecular formula is C21H30F3N3O3. The summed E-state index contributed by atoms with van der Waals surface area (Å²) in [4.78, 5) is 24.4. The Morgan fingerprint density at radius 2 is 1.87 bits per heavy atom. The highest BCUT2D eigenvalue weighted by atomic mass is 19.4. The molecule has 1 aliphatic rings. The third kappa shape index (κ3) is 7.28. The van der Waals surface area contributed by atoms with Crippen LogP contribution >= 0.6 is 0 Å². The van der Waals surface area contributed by atoms with Gasteiger partial charge in [-0.15, -0.1) is 0 Å². The summed E-state index contributed by atoms with van der Waals surface area (Å²) in [6.07, 6.45) is -2.30. The van der Waals surface area contributed by atoms with Gasteiger partial charge < -0.3 is 21.1 Å². The summed E-state index contributed by atoms with van der Waals surface area (Å²) in [5.74, 6) is -1.31. The van der Waals surface area contributed by atoms with Crippen molar-refractivity contribution in [3.63, 3.8) is 0 Å². The van der Waals surface area contributed by atoms with E-state index in [1.807, 2.05) is 0 Å². The number of benzene rings is 1. The van der Waals surface area contributed by atoms with Crippen LogP contribution in [0.15, 0.2) is 24.3 Å². The third-order valence-electron chi connectivity index (χ3n) is 5.06. The molecule has 168 valence electrons. The average Bonchev–Trinajstić information content (AvgIpc) is 2.65.